The molecule has 1 fully saturated rings. The highest BCUT2D eigenvalue weighted by Crippen LogP contribution is 2.39. The van der Waals surface area contributed by atoms with Crippen LogP contribution in [0.25, 0.3) is 0 Å². The maximum atomic E-state index is 6.50. The molecule has 19 heavy (non-hydrogen) atoms. The number of aryl methyl sites for hydroxylation is 1. The summed E-state index contributed by atoms with van der Waals surface area (Å²) < 4.78 is 16.6. The van der Waals surface area contributed by atoms with E-state index < -0.39 is 0 Å². The van der Waals surface area contributed by atoms with Crippen LogP contribution in [0.2, 0.25) is 0 Å². The largest absolute Gasteiger partial charge is 0.496 e. The fourth-order valence-corrected chi connectivity index (χ4v) is 2.74. The van der Waals surface area contributed by atoms with Gasteiger partial charge in [-0.2, -0.15) is 0 Å². The lowest BCUT2D eigenvalue weighted by atomic mass is 9.82. The molecule has 1 atom stereocenters. The molecule has 1 unspecified atom stereocenters. The van der Waals surface area contributed by atoms with Gasteiger partial charge in [0.15, 0.2) is 0 Å². The van der Waals surface area contributed by atoms with Crippen molar-refractivity contribution < 1.29 is 14.2 Å². The minimum absolute atomic E-state index is 0.212. The normalized spacial score (nSPS) is 20.0. The van der Waals surface area contributed by atoms with Crippen LogP contribution in [0.15, 0.2) is 18.2 Å². The third-order valence-corrected chi connectivity index (χ3v) is 4.03. The Bertz CT molecular complexity index is 427. The van der Waals surface area contributed by atoms with Crippen LogP contribution in [0, 0.1) is 6.92 Å². The van der Waals surface area contributed by atoms with Crippen molar-refractivity contribution >= 4 is 0 Å². The summed E-state index contributed by atoms with van der Waals surface area (Å²) in [6.45, 7) is 3.43. The summed E-state index contributed by atoms with van der Waals surface area (Å²) >= 11 is 0. The third kappa shape index (κ3) is 2.76. The van der Waals surface area contributed by atoms with E-state index in [1.54, 1.807) is 14.2 Å². The molecule has 2 rings (SSSR count). The van der Waals surface area contributed by atoms with Crippen molar-refractivity contribution in [2.24, 2.45) is 5.73 Å². The lowest BCUT2D eigenvalue weighted by Gasteiger charge is -2.41. The molecule has 0 bridgehead atoms. The third-order valence-electron chi connectivity index (χ3n) is 4.03. The number of hydrogen-bond donors (Lipinski definition) is 1. The highest BCUT2D eigenvalue weighted by atomic mass is 16.5. The molecule has 0 spiro atoms. The van der Waals surface area contributed by atoms with Crippen LogP contribution < -0.4 is 10.5 Å². The van der Waals surface area contributed by atoms with E-state index in [1.165, 1.54) is 5.56 Å². The zero-order valence-corrected chi connectivity index (χ0v) is 11.9. The molecule has 2 N–H and O–H groups in total. The number of rotatable bonds is 4. The number of methoxy groups -OCH3 is 2. The SMILES string of the molecule is COc1ccc(C)cc1C(N)C1(OC)CCOCC1. The standard InChI is InChI=1S/C15H23NO3/c1-11-4-5-13(17-2)12(10-11)14(16)15(18-3)6-8-19-9-7-15/h4-5,10,14H,6-9,16H2,1-3H3. The molecule has 1 heterocycles. The Balaban J connectivity index is 2.36. The van der Waals surface area contributed by atoms with Gasteiger partial charge in [0.1, 0.15) is 5.75 Å². The summed E-state index contributed by atoms with van der Waals surface area (Å²) in [5.74, 6) is 0.820. The molecule has 1 aromatic rings. The lowest BCUT2D eigenvalue weighted by Crippen LogP contribution is -2.47. The summed E-state index contributed by atoms with van der Waals surface area (Å²) in [5.41, 5.74) is 8.31. The average molecular weight is 265 g/mol. The average Bonchev–Trinajstić information content (AvgIpc) is 2.47. The van der Waals surface area contributed by atoms with Gasteiger partial charge in [-0.1, -0.05) is 17.7 Å². The topological polar surface area (TPSA) is 53.7 Å². The van der Waals surface area contributed by atoms with E-state index in [-0.39, 0.29) is 11.6 Å². The molecule has 0 amide bonds. The van der Waals surface area contributed by atoms with Gasteiger partial charge in [0.25, 0.3) is 0 Å². The molecule has 0 radical (unpaired) electrons. The lowest BCUT2D eigenvalue weighted by molar-refractivity contribution is -0.105. The maximum Gasteiger partial charge on any atom is 0.123 e. The van der Waals surface area contributed by atoms with Gasteiger partial charge >= 0.3 is 0 Å². The Morgan fingerprint density at radius 3 is 2.53 bits per heavy atom. The van der Waals surface area contributed by atoms with Gasteiger partial charge in [-0.25, -0.2) is 0 Å². The van der Waals surface area contributed by atoms with Crippen LogP contribution in [0.1, 0.15) is 30.0 Å². The first kappa shape index (κ1) is 14.3. The molecular formula is C15H23NO3. The van der Waals surface area contributed by atoms with Crippen molar-refractivity contribution in [3.8, 4) is 5.75 Å². The van der Waals surface area contributed by atoms with Crippen molar-refractivity contribution in [1.82, 2.24) is 0 Å². The van der Waals surface area contributed by atoms with Crippen molar-refractivity contribution in [2.45, 2.75) is 31.4 Å². The number of benzene rings is 1. The van der Waals surface area contributed by atoms with Crippen molar-refractivity contribution in [3.63, 3.8) is 0 Å². The molecule has 0 saturated carbocycles. The highest BCUT2D eigenvalue weighted by Gasteiger charge is 2.40. The first-order valence-corrected chi connectivity index (χ1v) is 6.66. The van der Waals surface area contributed by atoms with Crippen LogP contribution in [0.4, 0.5) is 0 Å². The van der Waals surface area contributed by atoms with Gasteiger partial charge < -0.3 is 19.9 Å². The predicted molar refractivity (Wildman–Crippen MR) is 74.5 cm³/mol. The van der Waals surface area contributed by atoms with Crippen molar-refractivity contribution in [3.05, 3.63) is 29.3 Å². The molecule has 1 aliphatic rings. The second kappa shape index (κ2) is 5.90. The Morgan fingerprint density at radius 2 is 1.95 bits per heavy atom. The molecule has 0 aromatic heterocycles. The number of ether oxygens (including phenoxy) is 3. The molecule has 0 aliphatic carbocycles. The monoisotopic (exact) mass is 265 g/mol. The summed E-state index contributed by atoms with van der Waals surface area (Å²) in [6, 6.07) is 5.86. The van der Waals surface area contributed by atoms with Gasteiger partial charge in [-0.3, -0.25) is 0 Å². The summed E-state index contributed by atoms with van der Waals surface area (Å²) in [7, 11) is 3.40. The van der Waals surface area contributed by atoms with Crippen LogP contribution in [0.5, 0.6) is 5.75 Å². The second-order valence-corrected chi connectivity index (χ2v) is 5.10. The maximum absolute atomic E-state index is 6.50. The highest BCUT2D eigenvalue weighted by molar-refractivity contribution is 5.40. The summed E-state index contributed by atoms with van der Waals surface area (Å²) in [4.78, 5) is 0. The minimum Gasteiger partial charge on any atom is -0.496 e. The Kier molecular flexibility index (Phi) is 4.45. The van der Waals surface area contributed by atoms with E-state index in [0.717, 1.165) is 24.2 Å². The van der Waals surface area contributed by atoms with Gasteiger partial charge in [-0.15, -0.1) is 0 Å². The van der Waals surface area contributed by atoms with Crippen molar-refractivity contribution in [1.29, 1.82) is 0 Å². The fraction of sp³-hybridized carbons (Fsp3) is 0.600. The molecule has 1 saturated heterocycles. The fourth-order valence-electron chi connectivity index (χ4n) is 2.74. The minimum atomic E-state index is -0.362. The Labute approximate surface area is 114 Å². The zero-order valence-electron chi connectivity index (χ0n) is 11.9. The smallest absolute Gasteiger partial charge is 0.123 e. The van der Waals surface area contributed by atoms with Gasteiger partial charge in [-0.05, 0) is 13.0 Å². The van der Waals surface area contributed by atoms with Crippen LogP contribution >= 0.6 is 0 Å². The Morgan fingerprint density at radius 1 is 1.26 bits per heavy atom. The second-order valence-electron chi connectivity index (χ2n) is 5.10. The van der Waals surface area contributed by atoms with E-state index in [1.807, 2.05) is 12.1 Å². The number of nitrogens with two attached hydrogens (primary N) is 1. The van der Waals surface area contributed by atoms with E-state index in [2.05, 4.69) is 13.0 Å². The Hall–Kier alpha value is -1.10. The summed E-state index contributed by atoms with van der Waals surface area (Å²) in [6.07, 6.45) is 1.61. The van der Waals surface area contributed by atoms with E-state index in [0.29, 0.717) is 13.2 Å². The number of hydrogen-bond acceptors (Lipinski definition) is 4. The summed E-state index contributed by atoms with van der Waals surface area (Å²) in [5, 5.41) is 0. The first-order valence-electron chi connectivity index (χ1n) is 6.66. The molecule has 1 aliphatic heterocycles. The van der Waals surface area contributed by atoms with Crippen LogP contribution in [-0.4, -0.2) is 33.0 Å². The van der Waals surface area contributed by atoms with Crippen LogP contribution in [0.3, 0.4) is 0 Å². The van der Waals surface area contributed by atoms with E-state index >= 15 is 0 Å². The molecular weight excluding hydrogens is 242 g/mol. The predicted octanol–water partition coefficient (Wildman–Crippen LogP) is 2.20. The van der Waals surface area contributed by atoms with Gasteiger partial charge in [0.2, 0.25) is 0 Å². The van der Waals surface area contributed by atoms with E-state index in [9.17, 15) is 0 Å². The van der Waals surface area contributed by atoms with Crippen LogP contribution in [-0.2, 0) is 9.47 Å². The van der Waals surface area contributed by atoms with E-state index in [4.69, 9.17) is 19.9 Å². The molecule has 4 heteroatoms. The quantitative estimate of drug-likeness (QED) is 0.906. The van der Waals surface area contributed by atoms with Gasteiger partial charge in [0, 0.05) is 38.7 Å². The molecule has 1 aromatic carbocycles. The van der Waals surface area contributed by atoms with Gasteiger partial charge in [0.05, 0.1) is 18.8 Å². The molecule has 4 nitrogen and oxygen atoms in total. The van der Waals surface area contributed by atoms with Crippen molar-refractivity contribution in [2.75, 3.05) is 27.4 Å². The zero-order chi connectivity index (χ0) is 13.9. The first-order chi connectivity index (χ1) is 9.13. The molecule has 106 valence electrons.